The van der Waals surface area contributed by atoms with Gasteiger partial charge in [-0.15, -0.1) is 11.3 Å². The van der Waals surface area contributed by atoms with Crippen molar-refractivity contribution in [3.63, 3.8) is 0 Å². The molecule has 2 heterocycles. The van der Waals surface area contributed by atoms with Crippen molar-refractivity contribution in [1.82, 2.24) is 4.98 Å². The number of nitrogens with zero attached hydrogens (tertiary/aromatic N) is 2. The van der Waals surface area contributed by atoms with Gasteiger partial charge in [-0.1, -0.05) is 0 Å². The van der Waals surface area contributed by atoms with E-state index in [0.29, 0.717) is 18.0 Å². The molecule has 3 N–H and O–H groups in total. The Morgan fingerprint density at radius 1 is 1.52 bits per heavy atom. The first-order valence-corrected chi connectivity index (χ1v) is 7.22. The average Bonchev–Trinajstić information content (AvgIpc) is 2.93. The Bertz CT molecular complexity index is 640. The van der Waals surface area contributed by atoms with Crippen molar-refractivity contribution in [2.24, 2.45) is 5.73 Å². The number of aromatic nitrogens is 1. The lowest BCUT2D eigenvalue weighted by atomic mass is 10.3. The summed E-state index contributed by atoms with van der Waals surface area (Å²) in [6.45, 7) is 0.570. The fourth-order valence-electron chi connectivity index (χ4n) is 1.90. The monoisotopic (exact) mass is 306 g/mol. The van der Waals surface area contributed by atoms with Gasteiger partial charge in [0, 0.05) is 37.1 Å². The molecule has 0 bridgehead atoms. The lowest BCUT2D eigenvalue weighted by Gasteiger charge is -2.19. The highest BCUT2D eigenvalue weighted by Crippen LogP contribution is 2.32. The number of hydrogen-bond acceptors (Lipinski definition) is 6. The number of nitrogens with two attached hydrogens (primary N) is 1. The predicted molar refractivity (Wildman–Crippen MR) is 85.3 cm³/mol. The molecule has 0 aliphatic carbocycles. The number of hydrogen-bond donors (Lipinski definition) is 2. The second-order valence-electron chi connectivity index (χ2n) is 4.63. The number of carbonyl (C=O) groups is 1. The molecule has 2 rings (SSSR count). The van der Waals surface area contributed by atoms with Crippen molar-refractivity contribution < 1.29 is 9.53 Å². The van der Waals surface area contributed by atoms with Crippen molar-refractivity contribution in [1.29, 1.82) is 0 Å². The van der Waals surface area contributed by atoms with E-state index in [1.807, 2.05) is 25.1 Å². The van der Waals surface area contributed by atoms with E-state index in [2.05, 4.69) is 10.3 Å². The largest absolute Gasteiger partial charge is 0.479 e. The molecular weight excluding hydrogens is 288 g/mol. The standard InChI is InChI=1S/C14H18N4O2S/c1-18(2)11-4-5-16-14(20-3)12(11)17-7-10-6-9(8-21-10)13(15)19/h4-6,8,17H,7H2,1-3H3,(H2,15,19). The lowest BCUT2D eigenvalue weighted by Crippen LogP contribution is -2.13. The van der Waals surface area contributed by atoms with Gasteiger partial charge < -0.3 is 20.7 Å². The minimum Gasteiger partial charge on any atom is -0.479 e. The first-order chi connectivity index (χ1) is 10.0. The van der Waals surface area contributed by atoms with Gasteiger partial charge in [0.25, 0.3) is 0 Å². The molecule has 0 aliphatic heterocycles. The molecule has 112 valence electrons. The maximum atomic E-state index is 11.1. The van der Waals surface area contributed by atoms with Crippen molar-refractivity contribution in [3.05, 3.63) is 34.2 Å². The van der Waals surface area contributed by atoms with E-state index in [-0.39, 0.29) is 0 Å². The fraction of sp³-hybridized carbons (Fsp3) is 0.286. The fourth-order valence-corrected chi connectivity index (χ4v) is 2.72. The molecule has 21 heavy (non-hydrogen) atoms. The number of thiophene rings is 1. The molecule has 0 saturated heterocycles. The summed E-state index contributed by atoms with van der Waals surface area (Å²) in [6.07, 6.45) is 1.70. The van der Waals surface area contributed by atoms with Crippen molar-refractivity contribution >= 4 is 28.6 Å². The number of rotatable bonds is 6. The van der Waals surface area contributed by atoms with Crippen molar-refractivity contribution in [2.75, 3.05) is 31.4 Å². The van der Waals surface area contributed by atoms with Crippen LogP contribution in [0.15, 0.2) is 23.7 Å². The van der Waals surface area contributed by atoms with Gasteiger partial charge in [-0.2, -0.15) is 0 Å². The van der Waals surface area contributed by atoms with Gasteiger partial charge in [-0.05, 0) is 12.1 Å². The van der Waals surface area contributed by atoms with E-state index in [9.17, 15) is 4.79 Å². The summed E-state index contributed by atoms with van der Waals surface area (Å²) >= 11 is 1.49. The van der Waals surface area contributed by atoms with Gasteiger partial charge in [-0.25, -0.2) is 4.98 Å². The smallest absolute Gasteiger partial charge is 0.249 e. The minimum atomic E-state index is -0.412. The highest BCUT2D eigenvalue weighted by molar-refractivity contribution is 7.10. The maximum absolute atomic E-state index is 11.1. The van der Waals surface area contributed by atoms with E-state index < -0.39 is 5.91 Å². The van der Waals surface area contributed by atoms with Crippen LogP contribution in [0.1, 0.15) is 15.2 Å². The number of carbonyl (C=O) groups excluding carboxylic acids is 1. The topological polar surface area (TPSA) is 80.5 Å². The van der Waals surface area contributed by atoms with Crippen LogP contribution in [0.2, 0.25) is 0 Å². The van der Waals surface area contributed by atoms with E-state index in [0.717, 1.165) is 16.3 Å². The maximum Gasteiger partial charge on any atom is 0.249 e. The number of pyridine rings is 1. The highest BCUT2D eigenvalue weighted by Gasteiger charge is 2.12. The molecule has 0 aromatic carbocycles. The normalized spacial score (nSPS) is 10.2. The van der Waals surface area contributed by atoms with Crippen LogP contribution >= 0.6 is 11.3 Å². The number of ether oxygens (including phenoxy) is 1. The number of nitrogens with one attached hydrogen (secondary N) is 1. The first kappa shape index (κ1) is 15.1. The minimum absolute atomic E-state index is 0.412. The van der Waals surface area contributed by atoms with Crippen molar-refractivity contribution in [3.8, 4) is 5.88 Å². The summed E-state index contributed by atoms with van der Waals surface area (Å²) in [5.74, 6) is 0.123. The third-order valence-corrected chi connectivity index (χ3v) is 3.88. The van der Waals surface area contributed by atoms with Crippen LogP contribution in [0.3, 0.4) is 0 Å². The Kier molecular flexibility index (Phi) is 4.64. The van der Waals surface area contributed by atoms with Gasteiger partial charge >= 0.3 is 0 Å². The summed E-state index contributed by atoms with van der Waals surface area (Å²) < 4.78 is 5.30. The van der Waals surface area contributed by atoms with Gasteiger partial charge in [-0.3, -0.25) is 4.79 Å². The molecule has 6 nitrogen and oxygen atoms in total. The number of amides is 1. The van der Waals surface area contributed by atoms with E-state index >= 15 is 0 Å². The van der Waals surface area contributed by atoms with Crippen molar-refractivity contribution in [2.45, 2.75) is 6.54 Å². The Labute approximate surface area is 127 Å². The number of anilines is 2. The first-order valence-electron chi connectivity index (χ1n) is 6.34. The average molecular weight is 306 g/mol. The second kappa shape index (κ2) is 6.45. The molecule has 0 unspecified atom stereocenters. The van der Waals surface area contributed by atoms with E-state index in [4.69, 9.17) is 10.5 Å². The third-order valence-electron chi connectivity index (χ3n) is 2.95. The Morgan fingerprint density at radius 3 is 2.86 bits per heavy atom. The molecule has 0 fully saturated rings. The van der Waals surface area contributed by atoms with Gasteiger partial charge in [0.05, 0.1) is 18.4 Å². The molecule has 0 saturated carbocycles. The van der Waals surface area contributed by atoms with Crippen LogP contribution < -0.4 is 20.7 Å². The van der Waals surface area contributed by atoms with Crippen LogP contribution in [-0.2, 0) is 6.54 Å². The predicted octanol–water partition coefficient (Wildman–Crippen LogP) is 1.93. The molecule has 1 amide bonds. The number of methoxy groups -OCH3 is 1. The third kappa shape index (κ3) is 3.43. The second-order valence-corrected chi connectivity index (χ2v) is 5.62. The SMILES string of the molecule is COc1nccc(N(C)C)c1NCc1cc(C(N)=O)cs1. The summed E-state index contributed by atoms with van der Waals surface area (Å²) in [5, 5.41) is 5.07. The van der Waals surface area contributed by atoms with E-state index in [1.165, 1.54) is 11.3 Å². The van der Waals surface area contributed by atoms with Crippen LogP contribution in [0.5, 0.6) is 5.88 Å². The molecule has 2 aromatic heterocycles. The zero-order valence-electron chi connectivity index (χ0n) is 12.2. The Balaban J connectivity index is 2.20. The molecule has 0 aliphatic rings. The summed E-state index contributed by atoms with van der Waals surface area (Å²) in [7, 11) is 5.50. The van der Waals surface area contributed by atoms with Crippen LogP contribution in [0.25, 0.3) is 0 Å². The zero-order valence-corrected chi connectivity index (χ0v) is 13.0. The zero-order chi connectivity index (χ0) is 15.4. The summed E-state index contributed by atoms with van der Waals surface area (Å²) in [4.78, 5) is 18.3. The van der Waals surface area contributed by atoms with Crippen LogP contribution in [0.4, 0.5) is 11.4 Å². The summed E-state index contributed by atoms with van der Waals surface area (Å²) in [6, 6.07) is 3.70. The van der Waals surface area contributed by atoms with Gasteiger partial charge in [0.2, 0.25) is 11.8 Å². The molecule has 0 atom stereocenters. The van der Waals surface area contributed by atoms with Crippen LogP contribution in [0, 0.1) is 0 Å². The number of primary amides is 1. The van der Waals surface area contributed by atoms with Gasteiger partial charge in [0.15, 0.2) is 0 Å². The molecule has 2 aromatic rings. The quantitative estimate of drug-likeness (QED) is 0.852. The van der Waals surface area contributed by atoms with E-state index in [1.54, 1.807) is 24.8 Å². The van der Waals surface area contributed by atoms with Gasteiger partial charge in [0.1, 0.15) is 5.69 Å². The molecule has 0 spiro atoms. The lowest BCUT2D eigenvalue weighted by molar-refractivity contribution is 0.100. The Hall–Kier alpha value is -2.28. The molecular formula is C14H18N4O2S. The van der Waals surface area contributed by atoms with Crippen LogP contribution in [-0.4, -0.2) is 32.1 Å². The molecule has 7 heteroatoms. The molecule has 0 radical (unpaired) electrons. The highest BCUT2D eigenvalue weighted by atomic mass is 32.1. The Morgan fingerprint density at radius 2 is 2.29 bits per heavy atom. The summed E-state index contributed by atoms with van der Waals surface area (Å²) in [5.41, 5.74) is 7.58.